The van der Waals surface area contributed by atoms with Crippen molar-refractivity contribution in [2.24, 2.45) is 0 Å². The normalized spacial score (nSPS) is 15.2. The molecule has 2 rings (SSSR count). The molecule has 20 heavy (non-hydrogen) atoms. The Bertz CT molecular complexity index is 519. The summed E-state index contributed by atoms with van der Waals surface area (Å²) in [4.78, 5) is 1.52. The van der Waals surface area contributed by atoms with Gasteiger partial charge in [-0.1, -0.05) is 0 Å². The van der Waals surface area contributed by atoms with Crippen LogP contribution < -0.4 is 24.8 Å². The third-order valence-corrected chi connectivity index (χ3v) is 5.62. The van der Waals surface area contributed by atoms with Crippen LogP contribution in [0.5, 0.6) is 0 Å². The van der Waals surface area contributed by atoms with E-state index in [4.69, 9.17) is 0 Å². The van der Waals surface area contributed by atoms with E-state index in [1.165, 1.54) is 19.9 Å². The van der Waals surface area contributed by atoms with Crippen LogP contribution in [-0.2, 0) is 31.3 Å². The van der Waals surface area contributed by atoms with Crippen molar-refractivity contribution in [3.63, 3.8) is 0 Å². The molecule has 1 aliphatic rings. The number of thiophene rings is 1. The fourth-order valence-corrected chi connectivity index (χ4v) is 4.65. The summed E-state index contributed by atoms with van der Waals surface area (Å²) in [6, 6.07) is 2.30. The fourth-order valence-electron chi connectivity index (χ4n) is 2.60. The maximum Gasteiger partial charge on any atom is -1.00 e. The average molecular weight is 364 g/mol. The minimum absolute atomic E-state index is 0. The Balaban J connectivity index is 0.00000180. The van der Waals surface area contributed by atoms with Gasteiger partial charge in [-0.05, 0) is 0 Å². The molecule has 0 amide bonds. The van der Waals surface area contributed by atoms with Crippen LogP contribution in [0.3, 0.4) is 0 Å². The first-order chi connectivity index (χ1) is 8.24. The Morgan fingerprint density at radius 2 is 1.70 bits per heavy atom. The second-order valence-electron chi connectivity index (χ2n) is 6.54. The average Bonchev–Trinajstić information content (AvgIpc) is 2.83. The SMILES string of the molecule is CC(C)(C)c1ccsc1C(C)(C)C1=[C]([Ti+2])CC=C1.[Cl-].[Cl-]. The van der Waals surface area contributed by atoms with Crippen LogP contribution in [0.25, 0.3) is 0 Å². The van der Waals surface area contributed by atoms with Gasteiger partial charge in [-0.3, -0.25) is 0 Å². The van der Waals surface area contributed by atoms with Crippen molar-refractivity contribution in [3.05, 3.63) is 43.5 Å². The molecule has 1 aliphatic carbocycles. The standard InChI is InChI=1S/C16H21S.2ClH.Ti/c1-15(2,3)13-10-11-17-14(13)16(4,5)12-8-6-7-9-12;;;/h6,8,10-11H,7H2,1-5H3;2*1H;/q;;;+2/p-2. The molecule has 0 saturated heterocycles. The van der Waals surface area contributed by atoms with Crippen molar-refractivity contribution in [2.45, 2.75) is 51.9 Å². The molecule has 0 aliphatic heterocycles. The monoisotopic (exact) mass is 363 g/mol. The van der Waals surface area contributed by atoms with Gasteiger partial charge in [-0.15, -0.1) is 0 Å². The van der Waals surface area contributed by atoms with Gasteiger partial charge in [-0.25, -0.2) is 0 Å². The summed E-state index contributed by atoms with van der Waals surface area (Å²) in [5, 5.41) is 2.24. The van der Waals surface area contributed by atoms with Crippen molar-refractivity contribution >= 4 is 11.3 Å². The van der Waals surface area contributed by atoms with Crippen LogP contribution in [0.1, 0.15) is 51.5 Å². The van der Waals surface area contributed by atoms with E-state index in [0.717, 1.165) is 6.42 Å². The molecule has 4 heteroatoms. The van der Waals surface area contributed by atoms with Crippen LogP contribution in [0.2, 0.25) is 0 Å². The van der Waals surface area contributed by atoms with Crippen LogP contribution in [0.4, 0.5) is 0 Å². The largest absolute Gasteiger partial charge is 1.00 e. The maximum atomic E-state index is 2.36. The van der Waals surface area contributed by atoms with Crippen molar-refractivity contribution in [1.29, 1.82) is 0 Å². The quantitative estimate of drug-likeness (QED) is 0.597. The number of hydrogen-bond acceptors (Lipinski definition) is 1. The Hall–Kier alpha value is 0.474. The molecule has 0 atom stereocenters. The molecular weight excluding hydrogens is 343 g/mol. The second-order valence-corrected chi connectivity index (χ2v) is 8.40. The number of halogens is 2. The minimum atomic E-state index is 0. The zero-order valence-corrected chi connectivity index (χ0v) is 16.6. The second kappa shape index (κ2) is 7.16. The van der Waals surface area contributed by atoms with Crippen molar-refractivity contribution in [2.75, 3.05) is 0 Å². The van der Waals surface area contributed by atoms with Gasteiger partial charge in [0.1, 0.15) is 0 Å². The van der Waals surface area contributed by atoms with E-state index in [1.54, 1.807) is 0 Å². The van der Waals surface area contributed by atoms with Gasteiger partial charge in [-0.2, -0.15) is 0 Å². The van der Waals surface area contributed by atoms with E-state index < -0.39 is 0 Å². The molecule has 0 spiro atoms. The molecule has 109 valence electrons. The third-order valence-electron chi connectivity index (χ3n) is 3.65. The zero-order valence-electron chi connectivity index (χ0n) is 12.7. The Kier molecular flexibility index (Phi) is 7.33. The summed E-state index contributed by atoms with van der Waals surface area (Å²) < 4.78 is 1.52. The summed E-state index contributed by atoms with van der Waals surface area (Å²) in [6.45, 7) is 11.6. The van der Waals surface area contributed by atoms with Crippen LogP contribution in [0, 0.1) is 0 Å². The first-order valence-corrected chi connectivity index (χ1v) is 8.11. The van der Waals surface area contributed by atoms with Gasteiger partial charge in [0.15, 0.2) is 0 Å². The van der Waals surface area contributed by atoms with Crippen LogP contribution in [-0.4, -0.2) is 0 Å². The smallest absolute Gasteiger partial charge is 1.00 e. The number of hydrogen-bond donors (Lipinski definition) is 0. The zero-order chi connectivity index (χ0) is 13.6. The maximum absolute atomic E-state index is 2.36. The molecule has 0 nitrogen and oxygen atoms in total. The molecule has 0 radical (unpaired) electrons. The molecule has 0 unspecified atom stereocenters. The first-order valence-electron chi connectivity index (χ1n) is 6.45. The summed E-state index contributed by atoms with van der Waals surface area (Å²) in [5.74, 6) is 0. The molecular formula is C16H21Cl2STi. The molecule has 0 aromatic carbocycles. The summed E-state index contributed by atoms with van der Waals surface area (Å²) >= 11 is 4.17. The number of allylic oxidation sites excluding steroid dienone is 4. The van der Waals surface area contributed by atoms with Crippen molar-refractivity contribution in [3.8, 4) is 0 Å². The van der Waals surface area contributed by atoms with Gasteiger partial charge >= 0.3 is 127 Å². The molecule has 1 aromatic heterocycles. The minimum Gasteiger partial charge on any atom is -1.00 e. The van der Waals surface area contributed by atoms with E-state index >= 15 is 0 Å². The van der Waals surface area contributed by atoms with E-state index in [9.17, 15) is 0 Å². The molecule has 1 aromatic rings. The van der Waals surface area contributed by atoms with Gasteiger partial charge < -0.3 is 24.8 Å². The molecule has 0 fully saturated rings. The summed E-state index contributed by atoms with van der Waals surface area (Å²) in [7, 11) is 0. The molecule has 0 bridgehead atoms. The van der Waals surface area contributed by atoms with Gasteiger partial charge in [0.2, 0.25) is 0 Å². The molecule has 0 N–H and O–H groups in total. The Labute approximate surface area is 151 Å². The first kappa shape index (κ1) is 20.5. The number of rotatable bonds is 2. The van der Waals surface area contributed by atoms with Crippen molar-refractivity contribution < 1.29 is 45.2 Å². The van der Waals surface area contributed by atoms with E-state index in [1.807, 2.05) is 11.3 Å². The van der Waals surface area contributed by atoms with Gasteiger partial charge in [0.05, 0.1) is 0 Å². The Morgan fingerprint density at radius 1 is 1.10 bits per heavy atom. The van der Waals surface area contributed by atoms with Gasteiger partial charge in [0.25, 0.3) is 0 Å². The fraction of sp³-hybridized carbons (Fsp3) is 0.500. The van der Waals surface area contributed by atoms with Crippen LogP contribution in [0.15, 0.2) is 33.0 Å². The summed E-state index contributed by atoms with van der Waals surface area (Å²) in [5.41, 5.74) is 3.37. The molecule has 1 heterocycles. The summed E-state index contributed by atoms with van der Waals surface area (Å²) in [6.07, 6.45) is 5.73. The van der Waals surface area contributed by atoms with Gasteiger partial charge in [0, 0.05) is 0 Å². The van der Waals surface area contributed by atoms with Crippen LogP contribution >= 0.6 is 11.3 Å². The van der Waals surface area contributed by atoms with Crippen molar-refractivity contribution in [1.82, 2.24) is 0 Å². The Morgan fingerprint density at radius 3 is 2.15 bits per heavy atom. The van der Waals surface area contributed by atoms with E-state index in [0.29, 0.717) is 0 Å². The van der Waals surface area contributed by atoms with E-state index in [-0.39, 0.29) is 35.6 Å². The predicted molar refractivity (Wildman–Crippen MR) is 76.8 cm³/mol. The molecule has 0 saturated carbocycles. The topological polar surface area (TPSA) is 0 Å². The third kappa shape index (κ3) is 3.81. The van der Waals surface area contributed by atoms with E-state index in [2.05, 4.69) is 78.7 Å². The predicted octanol–water partition coefficient (Wildman–Crippen LogP) is -0.908.